The summed E-state index contributed by atoms with van der Waals surface area (Å²) in [6.07, 6.45) is 14.0. The first-order valence-corrected chi connectivity index (χ1v) is 28.3. The van der Waals surface area contributed by atoms with Crippen molar-refractivity contribution >= 4 is 56.6 Å². The number of hydrogen-bond acceptors (Lipinski definition) is 0. The van der Waals surface area contributed by atoms with Gasteiger partial charge in [0.2, 0.25) is 0 Å². The number of hydrogen-bond donors (Lipinski definition) is 0. The van der Waals surface area contributed by atoms with Crippen molar-refractivity contribution in [2.24, 2.45) is 17.8 Å². The van der Waals surface area contributed by atoms with Crippen LogP contribution in [0.1, 0.15) is 166 Å². The Morgan fingerprint density at radius 2 is 0.797 bits per heavy atom. The Balaban J connectivity index is 0.00000102. The first kappa shape index (κ1) is 65.5. The zero-order valence-corrected chi connectivity index (χ0v) is 49.7. The van der Waals surface area contributed by atoms with Crippen LogP contribution in [0.15, 0.2) is 171 Å². The number of rotatable bonds is 11. The zero-order valence-electron chi connectivity index (χ0n) is 49.7. The van der Waals surface area contributed by atoms with E-state index in [1.807, 2.05) is 73.6 Å². The first-order chi connectivity index (χ1) is 36.0. The van der Waals surface area contributed by atoms with Crippen LogP contribution in [0.4, 0.5) is 0 Å². The third-order valence-corrected chi connectivity index (χ3v) is 12.3. The lowest BCUT2D eigenvalue weighted by atomic mass is 9.84. The number of benzene rings is 8. The molecule has 0 unspecified atom stereocenters. The molecule has 74 heavy (non-hydrogen) atoms. The molecule has 0 aromatic heterocycles. The number of fused-ring (bicyclic) bond motifs is 3. The fraction of sp³-hybridized carbons (Fsp3) is 0.324. The highest BCUT2D eigenvalue weighted by atomic mass is 14.2. The average Bonchev–Trinajstić information content (AvgIpc) is 3.46. The van der Waals surface area contributed by atoms with Gasteiger partial charge in [0.1, 0.15) is 0 Å². The fourth-order valence-electron chi connectivity index (χ4n) is 8.13. The molecule has 0 saturated carbocycles. The SMILES string of the molecule is C=Cc1cc(-c2cccc(-c3c4ccccc4c(-c4ccc(-c5cccc6ccccc56)cc4)c4ccccc34)c2)c(/C=C\C)c(C=C)c1C=C.CC.CC.CC.CC.CC(C)C.CCC(C)C.CCC(C)CC. The largest absolute Gasteiger partial charge is 0.0984 e. The average molecular weight is 988 g/mol. The summed E-state index contributed by atoms with van der Waals surface area (Å²) in [5, 5.41) is 7.46. The molecule has 0 aliphatic rings. The molecule has 394 valence electrons. The molecule has 0 heterocycles. The molecule has 0 bridgehead atoms. The fourth-order valence-corrected chi connectivity index (χ4v) is 8.13. The highest BCUT2D eigenvalue weighted by molar-refractivity contribution is 6.21. The highest BCUT2D eigenvalue weighted by Gasteiger charge is 2.19. The third kappa shape index (κ3) is 17.9. The van der Waals surface area contributed by atoms with Crippen LogP contribution in [0.25, 0.3) is 101 Å². The summed E-state index contributed by atoms with van der Waals surface area (Å²) in [6.45, 7) is 50.3. The summed E-state index contributed by atoms with van der Waals surface area (Å²) < 4.78 is 0. The first-order valence-electron chi connectivity index (χ1n) is 28.3. The minimum Gasteiger partial charge on any atom is -0.0984 e. The van der Waals surface area contributed by atoms with Gasteiger partial charge in [0.15, 0.2) is 0 Å². The van der Waals surface area contributed by atoms with Crippen molar-refractivity contribution in [3.8, 4) is 44.5 Å². The maximum atomic E-state index is 4.18. The molecule has 0 aliphatic carbocycles. The van der Waals surface area contributed by atoms with Crippen LogP contribution in [0.2, 0.25) is 0 Å². The van der Waals surface area contributed by atoms with Gasteiger partial charge in [-0.25, -0.2) is 0 Å². The molecule has 0 heteroatoms. The van der Waals surface area contributed by atoms with Gasteiger partial charge >= 0.3 is 0 Å². The Labute approximate surface area is 454 Å². The van der Waals surface area contributed by atoms with Gasteiger partial charge in [0.25, 0.3) is 0 Å². The summed E-state index contributed by atoms with van der Waals surface area (Å²) >= 11 is 0. The highest BCUT2D eigenvalue weighted by Crippen LogP contribution is 2.45. The van der Waals surface area contributed by atoms with Crippen molar-refractivity contribution in [2.45, 2.75) is 144 Å². The summed E-state index contributed by atoms with van der Waals surface area (Å²) in [6, 6.07) is 53.2. The van der Waals surface area contributed by atoms with Crippen molar-refractivity contribution < 1.29 is 0 Å². The predicted molar refractivity (Wildman–Crippen MR) is 346 cm³/mol. The van der Waals surface area contributed by atoms with Gasteiger partial charge in [-0.15, -0.1) is 0 Å². The smallest absolute Gasteiger partial charge is 0.00262 e. The maximum Gasteiger partial charge on any atom is -0.00262 e. The topological polar surface area (TPSA) is 0 Å². The van der Waals surface area contributed by atoms with Gasteiger partial charge in [0, 0.05) is 0 Å². The van der Waals surface area contributed by atoms with E-state index >= 15 is 0 Å². The van der Waals surface area contributed by atoms with E-state index in [1.54, 1.807) is 0 Å². The molecule has 0 saturated heterocycles. The van der Waals surface area contributed by atoms with Gasteiger partial charge < -0.3 is 0 Å². The van der Waals surface area contributed by atoms with Crippen molar-refractivity contribution in [3.63, 3.8) is 0 Å². The molecule has 0 nitrogen and oxygen atoms in total. The van der Waals surface area contributed by atoms with E-state index in [4.69, 9.17) is 0 Å². The van der Waals surface area contributed by atoms with Crippen molar-refractivity contribution in [2.75, 3.05) is 0 Å². The van der Waals surface area contributed by atoms with Crippen molar-refractivity contribution in [3.05, 3.63) is 194 Å². The minimum atomic E-state index is 0.833. The van der Waals surface area contributed by atoms with E-state index < -0.39 is 0 Å². The molecular formula is C74H98. The Kier molecular flexibility index (Phi) is 32.2. The second-order valence-corrected chi connectivity index (χ2v) is 18.3. The normalized spacial score (nSPS) is 10.1. The molecular weight excluding hydrogens is 889 g/mol. The summed E-state index contributed by atoms with van der Waals surface area (Å²) in [5.41, 5.74) is 13.9. The number of allylic oxidation sites excluding steroid dienone is 1. The van der Waals surface area contributed by atoms with E-state index in [-0.39, 0.29) is 0 Å². The second kappa shape index (κ2) is 36.4. The van der Waals surface area contributed by atoms with Crippen LogP contribution in [-0.4, -0.2) is 0 Å². The Hall–Kier alpha value is -6.50. The van der Waals surface area contributed by atoms with Crippen LogP contribution in [-0.2, 0) is 0 Å². The van der Waals surface area contributed by atoms with E-state index in [0.29, 0.717) is 0 Å². The lowest BCUT2D eigenvalue weighted by Crippen LogP contribution is -1.96. The van der Waals surface area contributed by atoms with Gasteiger partial charge in [0.05, 0.1) is 0 Å². The van der Waals surface area contributed by atoms with Crippen molar-refractivity contribution in [1.82, 2.24) is 0 Å². The van der Waals surface area contributed by atoms with Crippen LogP contribution in [0.3, 0.4) is 0 Å². The van der Waals surface area contributed by atoms with Gasteiger partial charge in [-0.3, -0.25) is 0 Å². The quantitative estimate of drug-likeness (QED) is 0.113. The van der Waals surface area contributed by atoms with Crippen LogP contribution >= 0.6 is 0 Å². The molecule has 0 spiro atoms. The lowest BCUT2D eigenvalue weighted by molar-refractivity contribution is 0.544. The Morgan fingerprint density at radius 1 is 0.392 bits per heavy atom. The monoisotopic (exact) mass is 987 g/mol. The van der Waals surface area contributed by atoms with Crippen LogP contribution < -0.4 is 0 Å². The van der Waals surface area contributed by atoms with Gasteiger partial charge in [-0.2, -0.15) is 0 Å². The maximum absolute atomic E-state index is 4.18. The van der Waals surface area contributed by atoms with E-state index in [9.17, 15) is 0 Å². The van der Waals surface area contributed by atoms with Crippen LogP contribution in [0.5, 0.6) is 0 Å². The standard InChI is InChI=1S/C51H38.C6H14.C5H12.C4H10.4C2H6/c1-5-17-44-41(8-4)40(7-3)34(6-2)33-49(44)38-20-15-21-39(32-38)51-47-25-13-11-23-45(47)50(46-24-12-14-26-48(46)51)37-30-28-36(29-31-37)43-27-16-19-35-18-9-10-22-42(35)43;1-4-6(3)5-2;1-4-5(2)3;1-4(2)3;4*1-2/h5-33H,2-4H2,1H3;6H,4-5H2,1-3H3;5H,4H2,1-3H3;4H,1-3H3;4*1-2H3/b17-5-;;;;;;;. The minimum absolute atomic E-state index is 0.833. The summed E-state index contributed by atoms with van der Waals surface area (Å²) in [4.78, 5) is 0. The second-order valence-electron chi connectivity index (χ2n) is 18.3. The molecule has 0 radical (unpaired) electrons. The molecule has 8 rings (SSSR count). The molecule has 0 N–H and O–H groups in total. The Bertz CT molecular complexity index is 2820. The van der Waals surface area contributed by atoms with Gasteiger partial charge in [-0.05, 0) is 136 Å². The summed E-state index contributed by atoms with van der Waals surface area (Å²) in [7, 11) is 0. The van der Waals surface area contributed by atoms with E-state index in [0.717, 1.165) is 51.1 Å². The summed E-state index contributed by atoms with van der Waals surface area (Å²) in [5.74, 6) is 2.65. The van der Waals surface area contributed by atoms with Crippen LogP contribution in [0, 0.1) is 17.8 Å². The van der Waals surface area contributed by atoms with Gasteiger partial charge in [-0.1, -0.05) is 321 Å². The Morgan fingerprint density at radius 3 is 1.22 bits per heavy atom. The molecule has 0 aliphatic heterocycles. The van der Waals surface area contributed by atoms with Crippen molar-refractivity contribution in [1.29, 1.82) is 0 Å². The predicted octanol–water partition coefficient (Wildman–Crippen LogP) is 25.0. The molecule has 0 fully saturated rings. The molecule has 8 aromatic carbocycles. The molecule has 0 amide bonds. The van der Waals surface area contributed by atoms with E-state index in [2.05, 4.69) is 247 Å². The van der Waals surface area contributed by atoms with E-state index in [1.165, 1.54) is 85.0 Å². The third-order valence-electron chi connectivity index (χ3n) is 12.3. The lowest BCUT2D eigenvalue weighted by Gasteiger charge is -2.19. The zero-order chi connectivity index (χ0) is 55.8. The molecule has 0 atom stereocenters. The molecule has 8 aromatic rings.